The fourth-order valence-electron chi connectivity index (χ4n) is 2.96. The first-order valence-electron chi connectivity index (χ1n) is 9.14. The van der Waals surface area contributed by atoms with Crippen molar-refractivity contribution in [2.24, 2.45) is 0 Å². The SMILES string of the molecule is CC(=O)N(c1cccc(C(F)F)c1)c1cc(NC(=O)Cc2cccc(F)c2Cl)ccn1. The standard InChI is InChI=1S/C22H17ClF3N3O2/c1-13(30)29(17-6-2-5-15(10-17)22(25)26)19-12-16(8-9-27-19)28-20(31)11-14-4-3-7-18(24)21(14)23/h2-10,12,22H,11H2,1H3,(H,27,28,31). The quantitative estimate of drug-likeness (QED) is 0.529. The zero-order valence-electron chi connectivity index (χ0n) is 16.3. The van der Waals surface area contributed by atoms with Crippen LogP contribution in [0, 0.1) is 5.82 Å². The summed E-state index contributed by atoms with van der Waals surface area (Å²) in [6.07, 6.45) is -1.49. The van der Waals surface area contributed by atoms with E-state index in [4.69, 9.17) is 11.6 Å². The van der Waals surface area contributed by atoms with Crippen LogP contribution in [0.4, 0.5) is 30.4 Å². The lowest BCUT2D eigenvalue weighted by Crippen LogP contribution is -2.24. The number of aromatic nitrogens is 1. The minimum atomic E-state index is -2.69. The molecule has 1 aromatic heterocycles. The van der Waals surface area contributed by atoms with Crippen LogP contribution in [0.25, 0.3) is 0 Å². The summed E-state index contributed by atoms with van der Waals surface area (Å²) in [5.41, 5.74) is 0.620. The lowest BCUT2D eigenvalue weighted by Gasteiger charge is -2.21. The highest BCUT2D eigenvalue weighted by Gasteiger charge is 2.19. The second kappa shape index (κ2) is 9.61. The number of nitrogens with one attached hydrogen (secondary N) is 1. The van der Waals surface area contributed by atoms with Gasteiger partial charge in [0.1, 0.15) is 11.6 Å². The van der Waals surface area contributed by atoms with Gasteiger partial charge in [-0.25, -0.2) is 18.2 Å². The van der Waals surface area contributed by atoms with Crippen LogP contribution in [0.15, 0.2) is 60.8 Å². The topological polar surface area (TPSA) is 62.3 Å². The summed E-state index contributed by atoms with van der Waals surface area (Å²) < 4.78 is 39.7. The summed E-state index contributed by atoms with van der Waals surface area (Å²) in [6.45, 7) is 1.27. The van der Waals surface area contributed by atoms with Crippen molar-refractivity contribution in [3.8, 4) is 0 Å². The number of nitrogens with zero attached hydrogens (tertiary/aromatic N) is 2. The molecule has 0 aliphatic carbocycles. The Morgan fingerprint density at radius 2 is 1.87 bits per heavy atom. The zero-order valence-corrected chi connectivity index (χ0v) is 17.0. The van der Waals surface area contributed by atoms with Crippen LogP contribution in [0.3, 0.4) is 0 Å². The highest BCUT2D eigenvalue weighted by atomic mass is 35.5. The van der Waals surface area contributed by atoms with Gasteiger partial charge in [-0.3, -0.25) is 14.5 Å². The number of carbonyl (C=O) groups excluding carboxylic acids is 2. The molecule has 31 heavy (non-hydrogen) atoms. The van der Waals surface area contributed by atoms with Crippen molar-refractivity contribution in [2.75, 3.05) is 10.2 Å². The Bertz CT molecular complexity index is 1120. The molecule has 0 fully saturated rings. The Labute approximate surface area is 181 Å². The van der Waals surface area contributed by atoms with Crippen molar-refractivity contribution in [2.45, 2.75) is 19.8 Å². The van der Waals surface area contributed by atoms with Gasteiger partial charge in [0.25, 0.3) is 6.43 Å². The van der Waals surface area contributed by atoms with Crippen LogP contribution in [0.1, 0.15) is 24.5 Å². The van der Waals surface area contributed by atoms with Gasteiger partial charge in [-0.2, -0.15) is 0 Å². The number of anilines is 3. The average Bonchev–Trinajstić information content (AvgIpc) is 2.72. The van der Waals surface area contributed by atoms with E-state index in [0.29, 0.717) is 11.3 Å². The Morgan fingerprint density at radius 3 is 2.58 bits per heavy atom. The molecule has 2 aromatic carbocycles. The van der Waals surface area contributed by atoms with Crippen molar-refractivity contribution in [1.82, 2.24) is 4.98 Å². The van der Waals surface area contributed by atoms with E-state index in [1.807, 2.05) is 0 Å². The second-order valence-electron chi connectivity index (χ2n) is 6.59. The molecule has 0 atom stereocenters. The highest BCUT2D eigenvalue weighted by molar-refractivity contribution is 6.31. The summed E-state index contributed by atoms with van der Waals surface area (Å²) >= 11 is 5.88. The molecule has 0 spiro atoms. The first-order valence-corrected chi connectivity index (χ1v) is 9.51. The summed E-state index contributed by atoms with van der Waals surface area (Å²) in [6, 6.07) is 12.5. The van der Waals surface area contributed by atoms with Crippen molar-refractivity contribution in [3.05, 3.63) is 82.8 Å². The lowest BCUT2D eigenvalue weighted by atomic mass is 10.1. The fraction of sp³-hybridized carbons (Fsp3) is 0.136. The van der Waals surface area contributed by atoms with Crippen LogP contribution < -0.4 is 10.2 Å². The van der Waals surface area contributed by atoms with Crippen LogP contribution in [0.2, 0.25) is 5.02 Å². The summed E-state index contributed by atoms with van der Waals surface area (Å²) in [7, 11) is 0. The maximum Gasteiger partial charge on any atom is 0.263 e. The molecule has 1 heterocycles. The van der Waals surface area contributed by atoms with Gasteiger partial charge in [-0.05, 0) is 29.8 Å². The monoisotopic (exact) mass is 447 g/mol. The Morgan fingerprint density at radius 1 is 1.13 bits per heavy atom. The number of alkyl halides is 2. The Hall–Kier alpha value is -3.39. The molecule has 3 aromatic rings. The van der Waals surface area contributed by atoms with Crippen LogP contribution in [-0.2, 0) is 16.0 Å². The third-order valence-electron chi connectivity index (χ3n) is 4.34. The van der Waals surface area contributed by atoms with Crippen molar-refractivity contribution in [3.63, 3.8) is 0 Å². The molecule has 0 aliphatic rings. The minimum Gasteiger partial charge on any atom is -0.326 e. The molecule has 160 valence electrons. The van der Waals surface area contributed by atoms with Gasteiger partial charge in [0.2, 0.25) is 11.8 Å². The predicted molar refractivity (Wildman–Crippen MR) is 112 cm³/mol. The Kier molecular flexibility index (Phi) is 6.91. The molecule has 0 saturated carbocycles. The zero-order chi connectivity index (χ0) is 22.5. The van der Waals surface area contributed by atoms with Gasteiger partial charge in [-0.1, -0.05) is 35.9 Å². The number of amides is 2. The molecule has 5 nitrogen and oxygen atoms in total. The molecular formula is C22H17ClF3N3O2. The smallest absolute Gasteiger partial charge is 0.263 e. The van der Waals surface area contributed by atoms with Crippen molar-refractivity contribution < 1.29 is 22.8 Å². The van der Waals surface area contributed by atoms with Crippen LogP contribution in [-0.4, -0.2) is 16.8 Å². The number of carbonyl (C=O) groups is 2. The maximum atomic E-state index is 13.6. The molecule has 1 N–H and O–H groups in total. The highest BCUT2D eigenvalue weighted by Crippen LogP contribution is 2.29. The lowest BCUT2D eigenvalue weighted by molar-refractivity contribution is -0.116. The van der Waals surface area contributed by atoms with E-state index < -0.39 is 24.1 Å². The van der Waals surface area contributed by atoms with E-state index in [1.165, 1.54) is 67.7 Å². The number of rotatable bonds is 6. The van der Waals surface area contributed by atoms with Crippen LogP contribution >= 0.6 is 11.6 Å². The predicted octanol–water partition coefficient (Wildman–Crippen LogP) is 5.68. The molecule has 0 bridgehead atoms. The first-order chi connectivity index (χ1) is 14.8. The van der Waals surface area contributed by atoms with E-state index >= 15 is 0 Å². The van der Waals surface area contributed by atoms with E-state index in [0.717, 1.165) is 4.90 Å². The van der Waals surface area contributed by atoms with E-state index in [-0.39, 0.29) is 28.5 Å². The van der Waals surface area contributed by atoms with Crippen LogP contribution in [0.5, 0.6) is 0 Å². The first kappa shape index (κ1) is 22.3. The van der Waals surface area contributed by atoms with Crippen molar-refractivity contribution >= 4 is 40.6 Å². The number of hydrogen-bond donors (Lipinski definition) is 1. The number of benzene rings is 2. The van der Waals surface area contributed by atoms with E-state index in [2.05, 4.69) is 10.3 Å². The fourth-order valence-corrected chi connectivity index (χ4v) is 3.15. The minimum absolute atomic E-state index is 0.130. The van der Waals surface area contributed by atoms with Gasteiger partial charge in [0.05, 0.1) is 17.1 Å². The molecule has 0 unspecified atom stereocenters. The van der Waals surface area contributed by atoms with Crippen molar-refractivity contribution in [1.29, 1.82) is 0 Å². The summed E-state index contributed by atoms with van der Waals surface area (Å²) in [4.78, 5) is 29.9. The third kappa shape index (κ3) is 5.40. The molecule has 2 amide bonds. The number of halogens is 4. The normalized spacial score (nSPS) is 10.8. The van der Waals surface area contributed by atoms with Gasteiger partial charge < -0.3 is 5.32 Å². The molecule has 3 rings (SSSR count). The van der Waals surface area contributed by atoms with Gasteiger partial charge in [0.15, 0.2) is 0 Å². The maximum absolute atomic E-state index is 13.6. The molecular weight excluding hydrogens is 431 g/mol. The second-order valence-corrected chi connectivity index (χ2v) is 6.97. The van der Waals surface area contributed by atoms with Gasteiger partial charge in [-0.15, -0.1) is 0 Å². The molecule has 0 saturated heterocycles. The number of hydrogen-bond acceptors (Lipinski definition) is 3. The number of pyridine rings is 1. The van der Waals surface area contributed by atoms with E-state index in [1.54, 1.807) is 0 Å². The average molecular weight is 448 g/mol. The van der Waals surface area contributed by atoms with Gasteiger partial charge in [0, 0.05) is 30.4 Å². The largest absolute Gasteiger partial charge is 0.326 e. The summed E-state index contributed by atoms with van der Waals surface area (Å²) in [5.74, 6) is -1.39. The molecule has 0 aliphatic heterocycles. The molecule has 9 heteroatoms. The molecule has 0 radical (unpaired) electrons. The third-order valence-corrected chi connectivity index (χ3v) is 4.76. The summed E-state index contributed by atoms with van der Waals surface area (Å²) in [5, 5.41) is 2.50. The Balaban J connectivity index is 1.84. The van der Waals surface area contributed by atoms with E-state index in [9.17, 15) is 22.8 Å². The van der Waals surface area contributed by atoms with Gasteiger partial charge >= 0.3 is 0 Å².